The highest BCUT2D eigenvalue weighted by Crippen LogP contribution is 2.14. The zero-order valence-corrected chi connectivity index (χ0v) is 16.9. The average molecular weight is 383 g/mol. The van der Waals surface area contributed by atoms with Crippen molar-refractivity contribution in [3.8, 4) is 0 Å². The maximum Gasteiger partial charge on any atom is 0.253 e. The number of benzene rings is 1. The number of hydrogen-bond donors (Lipinski definition) is 1. The van der Waals surface area contributed by atoms with Crippen molar-refractivity contribution in [3.05, 3.63) is 48.0 Å². The van der Waals surface area contributed by atoms with Gasteiger partial charge in [0.15, 0.2) is 0 Å². The molecule has 1 aromatic heterocycles. The van der Waals surface area contributed by atoms with Crippen molar-refractivity contribution in [2.45, 2.75) is 33.2 Å². The second-order valence-corrected chi connectivity index (χ2v) is 7.53. The van der Waals surface area contributed by atoms with Gasteiger partial charge in [0.2, 0.25) is 5.91 Å². The van der Waals surface area contributed by atoms with Gasteiger partial charge in [-0.05, 0) is 24.3 Å². The second-order valence-electron chi connectivity index (χ2n) is 7.53. The molecule has 28 heavy (non-hydrogen) atoms. The van der Waals surface area contributed by atoms with Gasteiger partial charge in [-0.3, -0.25) is 14.5 Å². The quantitative estimate of drug-likeness (QED) is 0.832. The molecule has 2 amide bonds. The van der Waals surface area contributed by atoms with Gasteiger partial charge in [0.05, 0.1) is 0 Å². The van der Waals surface area contributed by atoms with Gasteiger partial charge < -0.3 is 14.8 Å². The molecule has 1 aliphatic heterocycles. The molecule has 3 rings (SSSR count). The van der Waals surface area contributed by atoms with E-state index in [0.29, 0.717) is 17.2 Å². The topological polar surface area (TPSA) is 70.5 Å². The van der Waals surface area contributed by atoms with Gasteiger partial charge >= 0.3 is 0 Å². The Morgan fingerprint density at radius 1 is 1.07 bits per heavy atom. The molecular formula is C21H29N5O2. The minimum atomic E-state index is -0.119. The molecule has 0 unspecified atom stereocenters. The lowest BCUT2D eigenvalue weighted by atomic mass is 10.1. The molecule has 7 heteroatoms. The summed E-state index contributed by atoms with van der Waals surface area (Å²) in [5.41, 5.74) is 1.36. The van der Waals surface area contributed by atoms with Crippen molar-refractivity contribution < 1.29 is 9.59 Å². The summed E-state index contributed by atoms with van der Waals surface area (Å²) in [5.74, 6) is 1.47. The fourth-order valence-electron chi connectivity index (χ4n) is 3.52. The Balaban J connectivity index is 1.48. The van der Waals surface area contributed by atoms with Gasteiger partial charge in [-0.25, -0.2) is 4.98 Å². The molecule has 150 valence electrons. The number of amides is 2. The van der Waals surface area contributed by atoms with Gasteiger partial charge in [-0.2, -0.15) is 0 Å². The van der Waals surface area contributed by atoms with Crippen LogP contribution in [0.1, 0.15) is 42.9 Å². The van der Waals surface area contributed by atoms with Crippen molar-refractivity contribution >= 4 is 17.5 Å². The third kappa shape index (κ3) is 4.98. The molecule has 0 atom stereocenters. The van der Waals surface area contributed by atoms with Gasteiger partial charge in [0.25, 0.3) is 5.91 Å². The molecule has 0 spiro atoms. The third-order valence-corrected chi connectivity index (χ3v) is 5.03. The lowest BCUT2D eigenvalue weighted by Gasteiger charge is -2.35. The van der Waals surface area contributed by atoms with E-state index in [-0.39, 0.29) is 11.8 Å². The van der Waals surface area contributed by atoms with E-state index in [1.165, 1.54) is 6.92 Å². The summed E-state index contributed by atoms with van der Waals surface area (Å²) in [6.45, 7) is 10.9. The molecule has 2 heterocycles. The van der Waals surface area contributed by atoms with Crippen molar-refractivity contribution in [2.24, 2.45) is 0 Å². The Morgan fingerprint density at radius 2 is 1.75 bits per heavy atom. The summed E-state index contributed by atoms with van der Waals surface area (Å²) in [6, 6.07) is 7.07. The standard InChI is InChI=1S/C21H29N5O2/c1-16(2)20-22-8-9-25(20)13-10-24-11-14-26(15-12-24)21(28)18-4-6-19(7-5-18)23-17(3)27/h4-9,16H,10-15H2,1-3H3,(H,23,27). The van der Waals surface area contributed by atoms with E-state index in [9.17, 15) is 9.59 Å². The Kier molecular flexibility index (Phi) is 6.46. The van der Waals surface area contributed by atoms with E-state index < -0.39 is 0 Å². The van der Waals surface area contributed by atoms with Crippen LogP contribution in [-0.4, -0.2) is 63.9 Å². The fraction of sp³-hybridized carbons (Fsp3) is 0.476. The van der Waals surface area contributed by atoms with Crippen LogP contribution in [0.3, 0.4) is 0 Å². The van der Waals surface area contributed by atoms with Crippen molar-refractivity contribution in [1.82, 2.24) is 19.4 Å². The molecule has 7 nitrogen and oxygen atoms in total. The molecule has 1 saturated heterocycles. The number of piperazine rings is 1. The van der Waals surface area contributed by atoms with E-state index in [2.05, 4.69) is 33.6 Å². The minimum absolute atomic E-state index is 0.0470. The first kappa shape index (κ1) is 20.1. The molecular weight excluding hydrogens is 354 g/mol. The number of aromatic nitrogens is 2. The Bertz CT molecular complexity index is 804. The van der Waals surface area contributed by atoms with Crippen molar-refractivity contribution in [2.75, 3.05) is 38.0 Å². The minimum Gasteiger partial charge on any atom is -0.336 e. The third-order valence-electron chi connectivity index (χ3n) is 5.03. The Morgan fingerprint density at radius 3 is 2.36 bits per heavy atom. The van der Waals surface area contributed by atoms with Gasteiger partial charge in [0.1, 0.15) is 5.82 Å². The highest BCUT2D eigenvalue weighted by Gasteiger charge is 2.22. The maximum absolute atomic E-state index is 12.7. The first-order chi connectivity index (χ1) is 13.4. The highest BCUT2D eigenvalue weighted by atomic mass is 16.2. The molecule has 2 aromatic rings. The molecule has 0 saturated carbocycles. The van der Waals surface area contributed by atoms with Gasteiger partial charge in [-0.1, -0.05) is 13.8 Å². The highest BCUT2D eigenvalue weighted by molar-refractivity contribution is 5.95. The van der Waals surface area contributed by atoms with Crippen LogP contribution in [0.15, 0.2) is 36.7 Å². The Labute approximate surface area is 166 Å². The number of rotatable bonds is 6. The molecule has 1 aliphatic rings. The number of hydrogen-bond acceptors (Lipinski definition) is 4. The molecule has 1 fully saturated rings. The van der Waals surface area contributed by atoms with Crippen molar-refractivity contribution in [3.63, 3.8) is 0 Å². The summed E-state index contributed by atoms with van der Waals surface area (Å²) in [5, 5.41) is 2.72. The van der Waals surface area contributed by atoms with Crippen LogP contribution in [-0.2, 0) is 11.3 Å². The Hall–Kier alpha value is -2.67. The van der Waals surface area contributed by atoms with Crippen LogP contribution in [0.4, 0.5) is 5.69 Å². The lowest BCUT2D eigenvalue weighted by molar-refractivity contribution is -0.114. The first-order valence-corrected chi connectivity index (χ1v) is 9.84. The SMILES string of the molecule is CC(=O)Nc1ccc(C(=O)N2CCN(CCn3ccnc3C(C)C)CC2)cc1. The predicted octanol–water partition coefficient (Wildman–Crippen LogP) is 2.42. The number of nitrogens with one attached hydrogen (secondary N) is 1. The summed E-state index contributed by atoms with van der Waals surface area (Å²) in [6.07, 6.45) is 3.91. The van der Waals surface area contributed by atoms with E-state index in [1.807, 2.05) is 17.3 Å². The second kappa shape index (κ2) is 9.01. The lowest BCUT2D eigenvalue weighted by Crippen LogP contribution is -2.49. The van der Waals surface area contributed by atoms with Crippen molar-refractivity contribution in [1.29, 1.82) is 0 Å². The molecule has 0 radical (unpaired) electrons. The van der Waals surface area contributed by atoms with E-state index >= 15 is 0 Å². The van der Waals surface area contributed by atoms with Crippen LogP contribution in [0.25, 0.3) is 0 Å². The average Bonchev–Trinajstić information content (AvgIpc) is 3.15. The molecule has 1 N–H and O–H groups in total. The van der Waals surface area contributed by atoms with E-state index in [4.69, 9.17) is 0 Å². The van der Waals surface area contributed by atoms with Gasteiger partial charge in [-0.15, -0.1) is 0 Å². The summed E-state index contributed by atoms with van der Waals surface area (Å²) < 4.78 is 2.22. The number of carbonyl (C=O) groups is 2. The molecule has 0 bridgehead atoms. The first-order valence-electron chi connectivity index (χ1n) is 9.84. The number of carbonyl (C=O) groups excluding carboxylic acids is 2. The van der Waals surface area contributed by atoms with Crippen LogP contribution < -0.4 is 5.32 Å². The van der Waals surface area contributed by atoms with E-state index in [0.717, 1.165) is 45.1 Å². The van der Waals surface area contributed by atoms with Crippen LogP contribution in [0.5, 0.6) is 0 Å². The predicted molar refractivity (Wildman–Crippen MR) is 109 cm³/mol. The van der Waals surface area contributed by atoms with Crippen LogP contribution in [0, 0.1) is 0 Å². The zero-order valence-electron chi connectivity index (χ0n) is 16.9. The normalized spacial score (nSPS) is 15.1. The number of imidazole rings is 1. The smallest absolute Gasteiger partial charge is 0.253 e. The summed E-state index contributed by atoms with van der Waals surface area (Å²) in [7, 11) is 0. The summed E-state index contributed by atoms with van der Waals surface area (Å²) >= 11 is 0. The monoisotopic (exact) mass is 383 g/mol. The molecule has 0 aliphatic carbocycles. The number of anilines is 1. The summed E-state index contributed by atoms with van der Waals surface area (Å²) in [4.78, 5) is 32.5. The van der Waals surface area contributed by atoms with Crippen LogP contribution >= 0.6 is 0 Å². The van der Waals surface area contributed by atoms with Gasteiger partial charge in [0, 0.05) is 75.8 Å². The van der Waals surface area contributed by atoms with Crippen LogP contribution in [0.2, 0.25) is 0 Å². The largest absolute Gasteiger partial charge is 0.336 e. The van der Waals surface area contributed by atoms with E-state index in [1.54, 1.807) is 24.3 Å². The maximum atomic E-state index is 12.7. The number of nitrogens with zero attached hydrogens (tertiary/aromatic N) is 4. The molecule has 1 aromatic carbocycles. The zero-order chi connectivity index (χ0) is 20.1. The fourth-order valence-corrected chi connectivity index (χ4v) is 3.52.